The van der Waals surface area contributed by atoms with Crippen LogP contribution in [0.15, 0.2) is 0 Å². The molecule has 0 bridgehead atoms. The lowest BCUT2D eigenvalue weighted by atomic mass is 10.2. The first-order chi connectivity index (χ1) is 7.24. The molecule has 0 amide bonds. The van der Waals surface area contributed by atoms with E-state index < -0.39 is 12.1 Å². The molecule has 0 aromatic rings. The van der Waals surface area contributed by atoms with Gasteiger partial charge in [0.2, 0.25) is 0 Å². The second-order valence-electron chi connectivity index (χ2n) is 3.52. The van der Waals surface area contributed by atoms with Gasteiger partial charge in [0, 0.05) is 0 Å². The van der Waals surface area contributed by atoms with Crippen LogP contribution in [-0.2, 0) is 14.3 Å². The third kappa shape index (κ3) is 4.29. The summed E-state index contributed by atoms with van der Waals surface area (Å²) in [5, 5.41) is 2.95. The number of nitrogens with one attached hydrogen (secondary N) is 1. The molecule has 1 heterocycles. The normalized spacial score (nSPS) is 19.9. The number of esters is 1. The molecule has 1 aliphatic rings. The van der Waals surface area contributed by atoms with E-state index in [0.29, 0.717) is 6.61 Å². The van der Waals surface area contributed by atoms with Gasteiger partial charge < -0.3 is 14.8 Å². The molecule has 1 atom stereocenters. The molecule has 86 valence electrons. The van der Waals surface area contributed by atoms with Gasteiger partial charge in [-0.25, -0.2) is 9.59 Å². The van der Waals surface area contributed by atoms with Crippen LogP contribution in [0, 0.1) is 0 Å². The summed E-state index contributed by atoms with van der Waals surface area (Å²) in [5.41, 5.74) is 0. The Morgan fingerprint density at radius 1 is 1.47 bits per heavy atom. The minimum absolute atomic E-state index is 0.306. The molecule has 1 saturated heterocycles. The Hall–Kier alpha value is -1.10. The van der Waals surface area contributed by atoms with E-state index in [1.807, 2.05) is 6.92 Å². The van der Waals surface area contributed by atoms with Crippen molar-refractivity contribution in [3.8, 4) is 0 Å². The van der Waals surface area contributed by atoms with Gasteiger partial charge in [-0.1, -0.05) is 13.3 Å². The molecule has 0 unspecified atom stereocenters. The molecule has 0 radical (unpaired) electrons. The standard InChI is InChI=1S/C10H17NO4/c1-2-3-7-14-10(13)15-9(12)8-5-4-6-11-8/h8,11H,2-7H2,1H3/t8-/m0/s1. The van der Waals surface area contributed by atoms with Gasteiger partial charge in [-0.3, -0.25) is 0 Å². The SMILES string of the molecule is CCCCOC(=O)OC(=O)[C@@H]1CCCN1. The molecule has 15 heavy (non-hydrogen) atoms. The van der Waals surface area contributed by atoms with Crippen molar-refractivity contribution in [3.63, 3.8) is 0 Å². The molecule has 1 rings (SSSR count). The van der Waals surface area contributed by atoms with Crippen molar-refractivity contribution >= 4 is 12.1 Å². The number of ether oxygens (including phenoxy) is 2. The van der Waals surface area contributed by atoms with E-state index in [2.05, 4.69) is 10.1 Å². The van der Waals surface area contributed by atoms with Crippen molar-refractivity contribution in [2.45, 2.75) is 38.6 Å². The summed E-state index contributed by atoms with van der Waals surface area (Å²) in [5.74, 6) is -0.533. The van der Waals surface area contributed by atoms with E-state index in [4.69, 9.17) is 4.74 Å². The van der Waals surface area contributed by atoms with E-state index in [1.54, 1.807) is 0 Å². The highest BCUT2D eigenvalue weighted by molar-refractivity contribution is 5.85. The molecule has 5 nitrogen and oxygen atoms in total. The predicted octanol–water partition coefficient (Wildman–Crippen LogP) is 1.22. The Bertz CT molecular complexity index is 223. The number of carbonyl (C=O) groups is 2. The van der Waals surface area contributed by atoms with Gasteiger partial charge in [0.15, 0.2) is 0 Å². The lowest BCUT2D eigenvalue weighted by Crippen LogP contribution is -2.34. The van der Waals surface area contributed by atoms with Crippen molar-refractivity contribution in [1.29, 1.82) is 0 Å². The topological polar surface area (TPSA) is 64.6 Å². The van der Waals surface area contributed by atoms with Crippen LogP contribution >= 0.6 is 0 Å². The van der Waals surface area contributed by atoms with E-state index in [9.17, 15) is 9.59 Å². The average molecular weight is 215 g/mol. The Balaban J connectivity index is 2.16. The van der Waals surface area contributed by atoms with Crippen LogP contribution in [0.2, 0.25) is 0 Å². The minimum Gasteiger partial charge on any atom is -0.434 e. The fraction of sp³-hybridized carbons (Fsp3) is 0.800. The molecule has 5 heteroatoms. The molecular formula is C10H17NO4. The summed E-state index contributed by atoms with van der Waals surface area (Å²) < 4.78 is 9.22. The second-order valence-corrected chi connectivity index (χ2v) is 3.52. The average Bonchev–Trinajstić information content (AvgIpc) is 2.70. The third-order valence-electron chi connectivity index (χ3n) is 2.25. The number of hydrogen-bond donors (Lipinski definition) is 1. The smallest absolute Gasteiger partial charge is 0.434 e. The molecule has 1 fully saturated rings. The molecule has 0 aliphatic carbocycles. The van der Waals surface area contributed by atoms with Crippen molar-refractivity contribution < 1.29 is 19.1 Å². The number of rotatable bonds is 4. The molecule has 0 saturated carbocycles. The highest BCUT2D eigenvalue weighted by atomic mass is 16.7. The zero-order chi connectivity index (χ0) is 11.1. The fourth-order valence-corrected chi connectivity index (χ4v) is 1.37. The van der Waals surface area contributed by atoms with Crippen LogP contribution in [0.4, 0.5) is 4.79 Å². The van der Waals surface area contributed by atoms with Gasteiger partial charge in [-0.05, 0) is 25.8 Å². The van der Waals surface area contributed by atoms with Crippen molar-refractivity contribution in [3.05, 3.63) is 0 Å². The maximum Gasteiger partial charge on any atom is 0.516 e. The zero-order valence-electron chi connectivity index (χ0n) is 8.95. The van der Waals surface area contributed by atoms with Crippen molar-refractivity contribution in [2.24, 2.45) is 0 Å². The summed E-state index contributed by atoms with van der Waals surface area (Å²) >= 11 is 0. The second kappa shape index (κ2) is 6.40. The first kappa shape index (κ1) is 12.0. The Kier molecular flexibility index (Phi) is 5.10. The number of unbranched alkanes of at least 4 members (excludes halogenated alkanes) is 1. The van der Waals surface area contributed by atoms with Gasteiger partial charge in [0.25, 0.3) is 0 Å². The first-order valence-corrected chi connectivity index (χ1v) is 5.36. The van der Waals surface area contributed by atoms with Crippen molar-refractivity contribution in [1.82, 2.24) is 5.32 Å². The quantitative estimate of drug-likeness (QED) is 0.434. The van der Waals surface area contributed by atoms with E-state index in [1.165, 1.54) is 0 Å². The third-order valence-corrected chi connectivity index (χ3v) is 2.25. The molecule has 1 aliphatic heterocycles. The fourth-order valence-electron chi connectivity index (χ4n) is 1.37. The molecule has 0 aromatic carbocycles. The highest BCUT2D eigenvalue weighted by Gasteiger charge is 2.25. The van der Waals surface area contributed by atoms with Crippen LogP contribution in [0.25, 0.3) is 0 Å². The minimum atomic E-state index is -0.887. The van der Waals surface area contributed by atoms with Crippen LogP contribution in [0.3, 0.4) is 0 Å². The lowest BCUT2D eigenvalue weighted by molar-refractivity contribution is -0.141. The first-order valence-electron chi connectivity index (χ1n) is 5.36. The molecular weight excluding hydrogens is 198 g/mol. The van der Waals surface area contributed by atoms with Crippen molar-refractivity contribution in [2.75, 3.05) is 13.2 Å². The predicted molar refractivity (Wildman–Crippen MR) is 53.4 cm³/mol. The van der Waals surface area contributed by atoms with Gasteiger partial charge in [-0.15, -0.1) is 0 Å². The summed E-state index contributed by atoms with van der Waals surface area (Å²) in [7, 11) is 0. The Morgan fingerprint density at radius 2 is 2.27 bits per heavy atom. The summed E-state index contributed by atoms with van der Waals surface area (Å²) in [6, 6.07) is -0.344. The maximum atomic E-state index is 11.3. The summed E-state index contributed by atoms with van der Waals surface area (Å²) in [4.78, 5) is 22.3. The maximum absolute atomic E-state index is 11.3. The van der Waals surface area contributed by atoms with Gasteiger partial charge in [0.1, 0.15) is 6.04 Å². The summed E-state index contributed by atoms with van der Waals surface area (Å²) in [6.07, 6.45) is 2.49. The van der Waals surface area contributed by atoms with Crippen LogP contribution in [0.1, 0.15) is 32.6 Å². The zero-order valence-corrected chi connectivity index (χ0v) is 8.95. The largest absolute Gasteiger partial charge is 0.516 e. The molecule has 1 N–H and O–H groups in total. The van der Waals surface area contributed by atoms with Gasteiger partial charge in [-0.2, -0.15) is 0 Å². The monoisotopic (exact) mass is 215 g/mol. The van der Waals surface area contributed by atoms with Crippen LogP contribution in [0.5, 0.6) is 0 Å². The van der Waals surface area contributed by atoms with Crippen LogP contribution < -0.4 is 5.32 Å². The molecule has 0 aromatic heterocycles. The highest BCUT2D eigenvalue weighted by Crippen LogP contribution is 2.07. The molecule has 0 spiro atoms. The van der Waals surface area contributed by atoms with E-state index in [-0.39, 0.29) is 6.04 Å². The van der Waals surface area contributed by atoms with E-state index >= 15 is 0 Å². The van der Waals surface area contributed by atoms with Gasteiger partial charge >= 0.3 is 12.1 Å². The number of carbonyl (C=O) groups excluding carboxylic acids is 2. The lowest BCUT2D eigenvalue weighted by Gasteiger charge is -2.08. The van der Waals surface area contributed by atoms with Crippen LogP contribution in [-0.4, -0.2) is 31.3 Å². The number of hydrogen-bond acceptors (Lipinski definition) is 5. The van der Waals surface area contributed by atoms with E-state index in [0.717, 1.165) is 32.2 Å². The Labute approximate surface area is 89.1 Å². The summed E-state index contributed by atoms with van der Waals surface area (Å²) in [6.45, 7) is 3.09. The van der Waals surface area contributed by atoms with Gasteiger partial charge in [0.05, 0.1) is 6.61 Å². The Morgan fingerprint density at radius 3 is 2.87 bits per heavy atom.